The molecule has 0 heterocycles. The van der Waals surface area contributed by atoms with Crippen molar-refractivity contribution in [2.24, 2.45) is 17.8 Å². The monoisotopic (exact) mass is 245 g/mol. The minimum atomic E-state index is 0.136. The molecule has 0 aliphatic heterocycles. The Morgan fingerprint density at radius 2 is 2.06 bits per heavy atom. The maximum Gasteiger partial charge on any atom is 0.0702 e. The van der Waals surface area contributed by atoms with Crippen LogP contribution in [0.3, 0.4) is 0 Å². The van der Waals surface area contributed by atoms with Crippen LogP contribution >= 0.6 is 0 Å². The van der Waals surface area contributed by atoms with Crippen molar-refractivity contribution in [3.63, 3.8) is 0 Å². The zero-order valence-electron chi connectivity index (χ0n) is 11.2. The van der Waals surface area contributed by atoms with E-state index in [1.165, 1.54) is 31.4 Å². The van der Waals surface area contributed by atoms with Gasteiger partial charge in [-0.3, -0.25) is 0 Å². The Morgan fingerprint density at radius 1 is 1.22 bits per heavy atom. The highest BCUT2D eigenvalue weighted by Gasteiger charge is 2.39. The zero-order valence-corrected chi connectivity index (χ0v) is 11.2. The van der Waals surface area contributed by atoms with Crippen LogP contribution in [0.4, 0.5) is 5.69 Å². The average Bonchev–Trinajstić information content (AvgIpc) is 3.01. The van der Waals surface area contributed by atoms with Gasteiger partial charge in [-0.05, 0) is 43.1 Å². The van der Waals surface area contributed by atoms with Gasteiger partial charge in [0.15, 0.2) is 0 Å². The molecule has 3 unspecified atom stereocenters. The van der Waals surface area contributed by atoms with Gasteiger partial charge < -0.3 is 10.0 Å². The molecule has 2 aliphatic rings. The van der Waals surface area contributed by atoms with Gasteiger partial charge in [0.2, 0.25) is 0 Å². The molecule has 3 rings (SSSR count). The van der Waals surface area contributed by atoms with Crippen molar-refractivity contribution in [1.29, 1.82) is 0 Å². The van der Waals surface area contributed by atoms with Crippen LogP contribution in [0.25, 0.3) is 0 Å². The largest absolute Gasteiger partial charge is 0.392 e. The Kier molecular flexibility index (Phi) is 3.29. The number of hydrogen-bond donors (Lipinski definition) is 1. The molecule has 0 saturated heterocycles. The van der Waals surface area contributed by atoms with Crippen LogP contribution in [0.5, 0.6) is 0 Å². The van der Waals surface area contributed by atoms with Crippen molar-refractivity contribution >= 4 is 5.69 Å². The second kappa shape index (κ2) is 4.93. The highest BCUT2D eigenvalue weighted by Crippen LogP contribution is 2.48. The lowest BCUT2D eigenvalue weighted by atomic mass is 9.88. The molecule has 2 saturated carbocycles. The van der Waals surface area contributed by atoms with Gasteiger partial charge in [0, 0.05) is 24.8 Å². The van der Waals surface area contributed by atoms with E-state index in [-0.39, 0.29) is 6.61 Å². The topological polar surface area (TPSA) is 23.5 Å². The van der Waals surface area contributed by atoms with Crippen molar-refractivity contribution in [2.45, 2.75) is 32.3 Å². The van der Waals surface area contributed by atoms with Gasteiger partial charge in [-0.25, -0.2) is 0 Å². The first-order valence-electron chi connectivity index (χ1n) is 7.18. The van der Waals surface area contributed by atoms with E-state index in [1.54, 1.807) is 0 Å². The normalized spacial score (nSPS) is 29.8. The lowest BCUT2D eigenvalue weighted by molar-refractivity contribution is 0.281. The molecule has 98 valence electrons. The van der Waals surface area contributed by atoms with Crippen LogP contribution in [0, 0.1) is 17.8 Å². The van der Waals surface area contributed by atoms with Gasteiger partial charge in [-0.15, -0.1) is 0 Å². The summed E-state index contributed by atoms with van der Waals surface area (Å²) in [5.41, 5.74) is 2.24. The fraction of sp³-hybridized carbons (Fsp3) is 0.625. The lowest BCUT2D eigenvalue weighted by Gasteiger charge is -2.29. The molecule has 0 aromatic heterocycles. The molecule has 0 radical (unpaired) electrons. The third-order valence-corrected chi connectivity index (χ3v) is 4.97. The van der Waals surface area contributed by atoms with E-state index >= 15 is 0 Å². The molecule has 1 aromatic rings. The Morgan fingerprint density at radius 3 is 2.72 bits per heavy atom. The minimum Gasteiger partial charge on any atom is -0.392 e. The predicted molar refractivity (Wildman–Crippen MR) is 74.6 cm³/mol. The fourth-order valence-electron chi connectivity index (χ4n) is 4.07. The number of rotatable bonds is 4. The van der Waals surface area contributed by atoms with Gasteiger partial charge in [0.25, 0.3) is 0 Å². The van der Waals surface area contributed by atoms with E-state index in [0.29, 0.717) is 0 Å². The summed E-state index contributed by atoms with van der Waals surface area (Å²) in [5, 5.41) is 9.41. The first kappa shape index (κ1) is 12.0. The van der Waals surface area contributed by atoms with Crippen molar-refractivity contribution in [3.8, 4) is 0 Å². The maximum atomic E-state index is 9.41. The van der Waals surface area contributed by atoms with Gasteiger partial charge in [0.1, 0.15) is 0 Å². The molecule has 2 fully saturated rings. The maximum absolute atomic E-state index is 9.41. The fourth-order valence-corrected chi connectivity index (χ4v) is 4.07. The number of hydrogen-bond acceptors (Lipinski definition) is 2. The van der Waals surface area contributed by atoms with Crippen molar-refractivity contribution < 1.29 is 5.11 Å². The summed E-state index contributed by atoms with van der Waals surface area (Å²) in [6.07, 6.45) is 5.82. The van der Waals surface area contributed by atoms with Gasteiger partial charge >= 0.3 is 0 Å². The summed E-state index contributed by atoms with van der Waals surface area (Å²) in [6, 6.07) is 8.21. The number of fused-ring (bicyclic) bond motifs is 2. The van der Waals surface area contributed by atoms with E-state index in [0.717, 1.165) is 29.9 Å². The highest BCUT2D eigenvalue weighted by atomic mass is 16.3. The lowest BCUT2D eigenvalue weighted by Crippen LogP contribution is -2.29. The second-order valence-electron chi connectivity index (χ2n) is 6.10. The first-order chi connectivity index (χ1) is 8.78. The predicted octanol–water partition coefficient (Wildman–Crippen LogP) is 3.05. The van der Waals surface area contributed by atoms with Crippen LogP contribution < -0.4 is 4.90 Å². The van der Waals surface area contributed by atoms with Crippen LogP contribution in [0.2, 0.25) is 0 Å². The number of para-hydroxylation sites is 1. The molecule has 2 nitrogen and oxygen atoms in total. The van der Waals surface area contributed by atoms with Crippen LogP contribution in [0.15, 0.2) is 24.3 Å². The molecule has 0 amide bonds. The van der Waals surface area contributed by atoms with Crippen LogP contribution in [-0.2, 0) is 6.61 Å². The molecular formula is C16H23NO. The summed E-state index contributed by atoms with van der Waals surface area (Å²) >= 11 is 0. The Labute approximate surface area is 110 Å². The van der Waals surface area contributed by atoms with Crippen molar-refractivity contribution in [3.05, 3.63) is 29.8 Å². The Balaban J connectivity index is 1.69. The molecule has 0 spiro atoms. The minimum absolute atomic E-state index is 0.136. The molecule has 2 aliphatic carbocycles. The van der Waals surface area contributed by atoms with E-state index < -0.39 is 0 Å². The molecule has 1 aromatic carbocycles. The van der Waals surface area contributed by atoms with Gasteiger partial charge in [-0.1, -0.05) is 24.6 Å². The number of benzene rings is 1. The van der Waals surface area contributed by atoms with Gasteiger partial charge in [0.05, 0.1) is 6.61 Å². The molecule has 2 heteroatoms. The van der Waals surface area contributed by atoms with E-state index in [4.69, 9.17) is 0 Å². The van der Waals surface area contributed by atoms with Crippen LogP contribution in [0.1, 0.15) is 31.2 Å². The van der Waals surface area contributed by atoms with Crippen molar-refractivity contribution in [1.82, 2.24) is 0 Å². The van der Waals surface area contributed by atoms with Gasteiger partial charge in [-0.2, -0.15) is 0 Å². The number of aliphatic hydroxyl groups is 1. The summed E-state index contributed by atoms with van der Waals surface area (Å²) in [4.78, 5) is 2.34. The highest BCUT2D eigenvalue weighted by molar-refractivity contribution is 5.52. The third-order valence-electron chi connectivity index (χ3n) is 4.97. The summed E-state index contributed by atoms with van der Waals surface area (Å²) in [5.74, 6) is 2.86. The molecule has 3 atom stereocenters. The van der Waals surface area contributed by atoms with E-state index in [2.05, 4.69) is 24.1 Å². The first-order valence-corrected chi connectivity index (χ1v) is 7.18. The SMILES string of the molecule is CN(CC1CC2CCC1C2)c1ccccc1CO. The molecule has 1 N–H and O–H groups in total. The molecular weight excluding hydrogens is 222 g/mol. The Hall–Kier alpha value is -1.02. The smallest absolute Gasteiger partial charge is 0.0702 e. The molecule has 2 bridgehead atoms. The summed E-state index contributed by atoms with van der Waals surface area (Å²) < 4.78 is 0. The number of anilines is 1. The third kappa shape index (κ3) is 2.14. The Bertz CT molecular complexity index is 417. The quantitative estimate of drug-likeness (QED) is 0.881. The number of aliphatic hydroxyl groups excluding tert-OH is 1. The summed E-state index contributed by atoms with van der Waals surface area (Å²) in [7, 11) is 2.17. The van der Waals surface area contributed by atoms with Crippen LogP contribution in [-0.4, -0.2) is 18.7 Å². The van der Waals surface area contributed by atoms with E-state index in [9.17, 15) is 5.11 Å². The van der Waals surface area contributed by atoms with Crippen molar-refractivity contribution in [2.75, 3.05) is 18.5 Å². The molecule has 18 heavy (non-hydrogen) atoms. The van der Waals surface area contributed by atoms with E-state index in [1.807, 2.05) is 12.1 Å². The average molecular weight is 245 g/mol. The second-order valence-corrected chi connectivity index (χ2v) is 6.10. The zero-order chi connectivity index (χ0) is 12.5. The number of nitrogens with zero attached hydrogens (tertiary/aromatic N) is 1. The summed E-state index contributed by atoms with van der Waals surface area (Å²) in [6.45, 7) is 1.29. The standard InChI is InChI=1S/C16H23NO/c1-17(16-5-3-2-4-14(16)11-18)10-15-9-12-6-7-13(15)8-12/h2-5,12-13,15,18H,6-11H2,1H3.